The molecule has 0 amide bonds. The number of H-pyrrole nitrogens is 1. The molecule has 0 unspecified atom stereocenters. The normalized spacial score (nSPS) is 10.1. The lowest BCUT2D eigenvalue weighted by atomic mass is 10.2. The maximum Gasteiger partial charge on any atom is 0.204 e. The molecule has 14 heavy (non-hydrogen) atoms. The van der Waals surface area contributed by atoms with E-state index in [0.717, 1.165) is 17.3 Å². The van der Waals surface area contributed by atoms with E-state index in [9.17, 15) is 0 Å². The lowest BCUT2D eigenvalue weighted by molar-refractivity contribution is 1.24. The van der Waals surface area contributed by atoms with Gasteiger partial charge in [0, 0.05) is 17.6 Å². The minimum Gasteiger partial charge on any atom is -0.328 e. The average molecular weight is 187 g/mol. The monoisotopic (exact) mass is 187 g/mol. The second-order valence-corrected chi connectivity index (χ2v) is 3.35. The highest BCUT2D eigenvalue weighted by molar-refractivity contribution is 5.57. The topological polar surface area (TPSA) is 40.7 Å². The number of hydrogen-bond acceptors (Lipinski definition) is 2. The number of anilines is 2. The summed E-state index contributed by atoms with van der Waals surface area (Å²) in [5.41, 5.74) is 3.35. The molecule has 2 aromatic rings. The summed E-state index contributed by atoms with van der Waals surface area (Å²) in [7, 11) is 0. The highest BCUT2D eigenvalue weighted by Gasteiger charge is 1.99. The molecule has 0 aliphatic carbocycles. The van der Waals surface area contributed by atoms with Crippen molar-refractivity contribution in [3.8, 4) is 0 Å². The second-order valence-electron chi connectivity index (χ2n) is 3.35. The van der Waals surface area contributed by atoms with E-state index in [4.69, 9.17) is 0 Å². The lowest BCUT2D eigenvalue weighted by Crippen LogP contribution is -1.94. The van der Waals surface area contributed by atoms with Gasteiger partial charge in [-0.1, -0.05) is 18.2 Å². The molecule has 0 bridgehead atoms. The van der Waals surface area contributed by atoms with Crippen LogP contribution in [0.3, 0.4) is 0 Å². The maximum absolute atomic E-state index is 4.19. The van der Waals surface area contributed by atoms with Crippen LogP contribution >= 0.6 is 0 Å². The molecule has 0 radical (unpaired) electrons. The molecule has 0 fully saturated rings. The van der Waals surface area contributed by atoms with E-state index in [0.29, 0.717) is 0 Å². The number of aryl methyl sites for hydroxylation is 2. The third kappa shape index (κ3) is 1.76. The molecule has 3 nitrogen and oxygen atoms in total. The van der Waals surface area contributed by atoms with Gasteiger partial charge in [0.2, 0.25) is 5.95 Å². The van der Waals surface area contributed by atoms with Crippen molar-refractivity contribution in [2.75, 3.05) is 5.32 Å². The van der Waals surface area contributed by atoms with E-state index < -0.39 is 0 Å². The Morgan fingerprint density at radius 3 is 2.64 bits per heavy atom. The highest BCUT2D eigenvalue weighted by atomic mass is 15.1. The van der Waals surface area contributed by atoms with Crippen molar-refractivity contribution < 1.29 is 0 Å². The Labute approximate surface area is 83.2 Å². The zero-order valence-corrected chi connectivity index (χ0v) is 8.33. The largest absolute Gasteiger partial charge is 0.328 e. The van der Waals surface area contributed by atoms with Gasteiger partial charge in [-0.05, 0) is 25.5 Å². The summed E-state index contributed by atoms with van der Waals surface area (Å²) in [6, 6.07) is 8.13. The van der Waals surface area contributed by atoms with Crippen molar-refractivity contribution in [1.82, 2.24) is 9.97 Å². The molecule has 0 atom stereocenters. The Kier molecular flexibility index (Phi) is 2.23. The Hall–Kier alpha value is -1.77. The van der Waals surface area contributed by atoms with Crippen LogP contribution in [-0.4, -0.2) is 9.97 Å². The van der Waals surface area contributed by atoms with Crippen molar-refractivity contribution >= 4 is 11.6 Å². The molecule has 0 spiro atoms. The number of hydrogen-bond donors (Lipinski definition) is 2. The second kappa shape index (κ2) is 3.54. The zero-order chi connectivity index (χ0) is 9.97. The van der Waals surface area contributed by atoms with Crippen LogP contribution < -0.4 is 5.32 Å². The predicted molar refractivity (Wildman–Crippen MR) is 57.8 cm³/mol. The molecule has 0 aliphatic heterocycles. The first-order valence-corrected chi connectivity index (χ1v) is 4.60. The van der Waals surface area contributed by atoms with Crippen LogP contribution in [0.25, 0.3) is 0 Å². The smallest absolute Gasteiger partial charge is 0.204 e. The minimum atomic E-state index is 0.789. The summed E-state index contributed by atoms with van der Waals surface area (Å²) in [4.78, 5) is 7.32. The fraction of sp³-hybridized carbons (Fsp3) is 0.182. The molecular weight excluding hydrogens is 174 g/mol. The van der Waals surface area contributed by atoms with Crippen molar-refractivity contribution in [2.24, 2.45) is 0 Å². The molecule has 2 N–H and O–H groups in total. The molecule has 72 valence electrons. The Balaban J connectivity index is 2.23. The number of aromatic amines is 1. The van der Waals surface area contributed by atoms with E-state index in [1.165, 1.54) is 5.56 Å². The number of aromatic nitrogens is 2. The van der Waals surface area contributed by atoms with E-state index in [1.807, 2.05) is 25.1 Å². The van der Waals surface area contributed by atoms with E-state index in [1.54, 1.807) is 6.20 Å². The lowest BCUT2D eigenvalue weighted by Gasteiger charge is -2.05. The van der Waals surface area contributed by atoms with Crippen molar-refractivity contribution in [1.29, 1.82) is 0 Å². The maximum atomic E-state index is 4.19. The standard InChI is InChI=1S/C11H13N3/c1-8-5-3-4-6-10(8)14-11-12-7-9(2)13-11/h3-7H,1-2H3,(H2,12,13,14). The Morgan fingerprint density at radius 2 is 2.00 bits per heavy atom. The van der Waals surface area contributed by atoms with Crippen LogP contribution in [0.1, 0.15) is 11.3 Å². The first-order chi connectivity index (χ1) is 6.75. The SMILES string of the molecule is Cc1cnc(Nc2ccccc2C)[nH]1. The van der Waals surface area contributed by atoms with Gasteiger partial charge in [0.25, 0.3) is 0 Å². The molecule has 0 saturated heterocycles. The molecule has 0 aliphatic rings. The van der Waals surface area contributed by atoms with Gasteiger partial charge in [-0.2, -0.15) is 0 Å². The third-order valence-electron chi connectivity index (χ3n) is 2.10. The first kappa shape index (κ1) is 8.81. The Bertz CT molecular complexity index is 432. The molecule has 2 rings (SSSR count). The van der Waals surface area contributed by atoms with Gasteiger partial charge in [-0.3, -0.25) is 0 Å². The van der Waals surface area contributed by atoms with E-state index >= 15 is 0 Å². The van der Waals surface area contributed by atoms with Crippen LogP contribution in [0, 0.1) is 13.8 Å². The molecule has 0 saturated carbocycles. The van der Waals surface area contributed by atoms with E-state index in [-0.39, 0.29) is 0 Å². The van der Waals surface area contributed by atoms with Crippen molar-refractivity contribution in [3.05, 3.63) is 41.7 Å². The molecular formula is C11H13N3. The fourth-order valence-electron chi connectivity index (χ4n) is 1.32. The number of imidazole rings is 1. The summed E-state index contributed by atoms with van der Waals surface area (Å²) >= 11 is 0. The zero-order valence-electron chi connectivity index (χ0n) is 8.33. The molecule has 1 aromatic carbocycles. The summed E-state index contributed by atoms with van der Waals surface area (Å²) in [5.74, 6) is 0.789. The molecule has 1 heterocycles. The minimum absolute atomic E-state index is 0.789. The summed E-state index contributed by atoms with van der Waals surface area (Å²) in [5, 5.41) is 3.23. The Morgan fingerprint density at radius 1 is 1.21 bits per heavy atom. The summed E-state index contributed by atoms with van der Waals surface area (Å²) < 4.78 is 0. The van der Waals surface area contributed by atoms with Gasteiger partial charge in [-0.25, -0.2) is 4.98 Å². The number of nitrogens with zero attached hydrogens (tertiary/aromatic N) is 1. The number of nitrogens with one attached hydrogen (secondary N) is 2. The van der Waals surface area contributed by atoms with Crippen LogP contribution in [0.4, 0.5) is 11.6 Å². The van der Waals surface area contributed by atoms with Crippen LogP contribution in [0.5, 0.6) is 0 Å². The third-order valence-corrected chi connectivity index (χ3v) is 2.10. The summed E-state index contributed by atoms with van der Waals surface area (Å²) in [6.45, 7) is 4.05. The van der Waals surface area contributed by atoms with Gasteiger partial charge in [0.15, 0.2) is 0 Å². The average Bonchev–Trinajstić information content (AvgIpc) is 2.56. The highest BCUT2D eigenvalue weighted by Crippen LogP contribution is 2.17. The summed E-state index contributed by atoms with van der Waals surface area (Å²) in [6.07, 6.45) is 1.81. The van der Waals surface area contributed by atoms with Gasteiger partial charge in [0.05, 0.1) is 0 Å². The van der Waals surface area contributed by atoms with E-state index in [2.05, 4.69) is 28.3 Å². The van der Waals surface area contributed by atoms with Gasteiger partial charge in [-0.15, -0.1) is 0 Å². The van der Waals surface area contributed by atoms with Crippen LogP contribution in [0.15, 0.2) is 30.5 Å². The molecule has 1 aromatic heterocycles. The molecule has 3 heteroatoms. The quantitative estimate of drug-likeness (QED) is 0.759. The van der Waals surface area contributed by atoms with Crippen LogP contribution in [0.2, 0.25) is 0 Å². The van der Waals surface area contributed by atoms with Crippen molar-refractivity contribution in [3.63, 3.8) is 0 Å². The number of para-hydroxylation sites is 1. The van der Waals surface area contributed by atoms with Gasteiger partial charge >= 0.3 is 0 Å². The van der Waals surface area contributed by atoms with Crippen molar-refractivity contribution in [2.45, 2.75) is 13.8 Å². The van der Waals surface area contributed by atoms with Gasteiger partial charge in [0.1, 0.15) is 0 Å². The first-order valence-electron chi connectivity index (χ1n) is 4.60. The van der Waals surface area contributed by atoms with Gasteiger partial charge < -0.3 is 10.3 Å². The number of rotatable bonds is 2. The fourth-order valence-corrected chi connectivity index (χ4v) is 1.32. The predicted octanol–water partition coefficient (Wildman–Crippen LogP) is 2.77. The number of benzene rings is 1. The van der Waals surface area contributed by atoms with Crippen LogP contribution in [-0.2, 0) is 0 Å².